The summed E-state index contributed by atoms with van der Waals surface area (Å²) in [7, 11) is 0. The highest BCUT2D eigenvalue weighted by Crippen LogP contribution is 2.19. The molecule has 0 amide bonds. The van der Waals surface area contributed by atoms with Gasteiger partial charge in [0.2, 0.25) is 0 Å². The summed E-state index contributed by atoms with van der Waals surface area (Å²) in [5.74, 6) is 0. The molecule has 2 N–H and O–H groups in total. The van der Waals surface area contributed by atoms with Crippen LogP contribution in [0.25, 0.3) is 0 Å². The number of aromatic nitrogens is 1. The van der Waals surface area contributed by atoms with Gasteiger partial charge in [-0.25, -0.2) is 0 Å². The third-order valence-electron chi connectivity index (χ3n) is 2.20. The van der Waals surface area contributed by atoms with E-state index < -0.39 is 0 Å². The van der Waals surface area contributed by atoms with E-state index in [0.717, 1.165) is 17.0 Å². The lowest BCUT2D eigenvalue weighted by molar-refractivity contribution is 0.729. The number of hydrogen-bond donors (Lipinski definition) is 1. The summed E-state index contributed by atoms with van der Waals surface area (Å²) < 4.78 is 0. The summed E-state index contributed by atoms with van der Waals surface area (Å²) in [5.41, 5.74) is 9.00. The molecule has 1 aromatic carbocycles. The quantitative estimate of drug-likeness (QED) is 0.893. The Hall–Kier alpha value is -0.900. The lowest BCUT2D eigenvalue weighted by Crippen LogP contribution is -2.12. The second-order valence-electron chi connectivity index (χ2n) is 3.33. The van der Waals surface area contributed by atoms with Crippen LogP contribution in [0.4, 0.5) is 0 Å². The van der Waals surface area contributed by atoms with Crippen molar-refractivity contribution in [3.05, 3.63) is 51.4 Å². The van der Waals surface area contributed by atoms with Crippen molar-refractivity contribution in [2.75, 3.05) is 0 Å². The summed E-state index contributed by atoms with van der Waals surface area (Å²) in [6, 6.07) is 7.68. The van der Waals surface area contributed by atoms with Gasteiger partial charge in [0.25, 0.3) is 0 Å². The maximum Gasteiger partial charge on any atom is 0.0794 e. The van der Waals surface area contributed by atoms with E-state index in [1.807, 2.05) is 36.0 Å². The maximum absolute atomic E-state index is 6.07. The van der Waals surface area contributed by atoms with Crippen LogP contribution in [0, 0.1) is 0 Å². The van der Waals surface area contributed by atoms with Crippen LogP contribution < -0.4 is 5.73 Å². The molecular weight excluding hydrogens is 228 g/mol. The summed E-state index contributed by atoms with van der Waals surface area (Å²) in [6.45, 7) is 0. The van der Waals surface area contributed by atoms with E-state index in [4.69, 9.17) is 17.3 Å². The van der Waals surface area contributed by atoms with Crippen LogP contribution in [0.15, 0.2) is 36.0 Å². The summed E-state index contributed by atoms with van der Waals surface area (Å²) in [6.07, 6.45) is 2.69. The number of thiazole rings is 1. The number of hydrogen-bond acceptors (Lipinski definition) is 3. The van der Waals surface area contributed by atoms with E-state index in [1.165, 1.54) is 4.88 Å². The predicted molar refractivity (Wildman–Crippen MR) is 64.2 cm³/mol. The average molecular weight is 239 g/mol. The molecule has 0 aliphatic rings. The van der Waals surface area contributed by atoms with E-state index >= 15 is 0 Å². The molecule has 0 aliphatic heterocycles. The second-order valence-corrected chi connectivity index (χ2v) is 4.74. The number of rotatable bonds is 3. The van der Waals surface area contributed by atoms with Gasteiger partial charge in [0.1, 0.15) is 0 Å². The molecule has 1 atom stereocenters. The zero-order chi connectivity index (χ0) is 10.7. The highest BCUT2D eigenvalue weighted by atomic mass is 35.5. The molecule has 0 spiro atoms. The smallest absolute Gasteiger partial charge is 0.0794 e. The minimum Gasteiger partial charge on any atom is -0.324 e. The topological polar surface area (TPSA) is 38.9 Å². The van der Waals surface area contributed by atoms with Crippen LogP contribution in [-0.4, -0.2) is 4.98 Å². The molecule has 0 radical (unpaired) electrons. The fourth-order valence-corrected chi connectivity index (χ4v) is 2.17. The van der Waals surface area contributed by atoms with Gasteiger partial charge in [-0.05, 0) is 17.7 Å². The maximum atomic E-state index is 6.07. The van der Waals surface area contributed by atoms with Crippen molar-refractivity contribution in [3.8, 4) is 0 Å². The Kier molecular flexibility index (Phi) is 3.36. The predicted octanol–water partition coefficient (Wildman–Crippen LogP) is 3.04. The van der Waals surface area contributed by atoms with Gasteiger partial charge in [-0.15, -0.1) is 11.3 Å². The number of nitrogens with two attached hydrogens (primary N) is 1. The standard InChI is InChI=1S/C11H11ClN2S/c12-9-3-1-8(2-4-9)11(13)5-10-6-14-7-15-10/h1-4,6-7,11H,5,13H2. The molecule has 0 fully saturated rings. The fourth-order valence-electron chi connectivity index (χ4n) is 1.39. The second kappa shape index (κ2) is 4.75. The fraction of sp³-hybridized carbons (Fsp3) is 0.182. The molecule has 2 rings (SSSR count). The van der Waals surface area contributed by atoms with Gasteiger partial charge in [0, 0.05) is 28.6 Å². The van der Waals surface area contributed by atoms with E-state index in [1.54, 1.807) is 11.3 Å². The van der Waals surface area contributed by atoms with Gasteiger partial charge >= 0.3 is 0 Å². The molecule has 2 aromatic rings. The van der Waals surface area contributed by atoms with E-state index in [0.29, 0.717) is 0 Å². The van der Waals surface area contributed by atoms with Crippen LogP contribution in [-0.2, 0) is 6.42 Å². The highest BCUT2D eigenvalue weighted by molar-refractivity contribution is 7.09. The normalized spacial score (nSPS) is 12.7. The van der Waals surface area contributed by atoms with Crippen molar-refractivity contribution in [2.45, 2.75) is 12.5 Å². The Morgan fingerprint density at radius 3 is 2.67 bits per heavy atom. The molecule has 0 saturated heterocycles. The molecule has 2 nitrogen and oxygen atoms in total. The van der Waals surface area contributed by atoms with Crippen molar-refractivity contribution in [1.82, 2.24) is 4.98 Å². The van der Waals surface area contributed by atoms with Crippen LogP contribution in [0.2, 0.25) is 5.02 Å². The van der Waals surface area contributed by atoms with E-state index in [2.05, 4.69) is 4.98 Å². The molecule has 1 heterocycles. The number of benzene rings is 1. The number of nitrogens with zero attached hydrogens (tertiary/aromatic N) is 1. The van der Waals surface area contributed by atoms with Crippen LogP contribution in [0.1, 0.15) is 16.5 Å². The minimum absolute atomic E-state index is 0.0164. The molecule has 78 valence electrons. The minimum atomic E-state index is 0.0164. The lowest BCUT2D eigenvalue weighted by Gasteiger charge is -2.10. The van der Waals surface area contributed by atoms with Crippen molar-refractivity contribution in [3.63, 3.8) is 0 Å². The zero-order valence-electron chi connectivity index (χ0n) is 8.06. The van der Waals surface area contributed by atoms with Crippen molar-refractivity contribution in [1.29, 1.82) is 0 Å². The van der Waals surface area contributed by atoms with Crippen LogP contribution in [0.3, 0.4) is 0 Å². The Morgan fingerprint density at radius 1 is 1.33 bits per heavy atom. The highest BCUT2D eigenvalue weighted by Gasteiger charge is 2.07. The molecule has 0 bridgehead atoms. The van der Waals surface area contributed by atoms with Gasteiger partial charge in [0.15, 0.2) is 0 Å². The molecule has 1 unspecified atom stereocenters. The van der Waals surface area contributed by atoms with E-state index in [-0.39, 0.29) is 6.04 Å². The first-order valence-corrected chi connectivity index (χ1v) is 5.90. The van der Waals surface area contributed by atoms with Crippen molar-refractivity contribution >= 4 is 22.9 Å². The van der Waals surface area contributed by atoms with Gasteiger partial charge < -0.3 is 5.73 Å². The summed E-state index contributed by atoms with van der Waals surface area (Å²) >= 11 is 7.44. The van der Waals surface area contributed by atoms with Gasteiger partial charge in [-0.3, -0.25) is 4.98 Å². The molecular formula is C11H11ClN2S. The van der Waals surface area contributed by atoms with Gasteiger partial charge in [-0.1, -0.05) is 23.7 Å². The van der Waals surface area contributed by atoms with Crippen molar-refractivity contribution in [2.24, 2.45) is 5.73 Å². The zero-order valence-corrected chi connectivity index (χ0v) is 9.63. The largest absolute Gasteiger partial charge is 0.324 e. The molecule has 1 aromatic heterocycles. The Bertz CT molecular complexity index is 411. The van der Waals surface area contributed by atoms with Gasteiger partial charge in [-0.2, -0.15) is 0 Å². The first-order valence-electron chi connectivity index (χ1n) is 4.64. The first kappa shape index (κ1) is 10.6. The molecule has 0 aliphatic carbocycles. The first-order chi connectivity index (χ1) is 7.25. The molecule has 4 heteroatoms. The number of halogens is 1. The average Bonchev–Trinajstić information content (AvgIpc) is 2.71. The van der Waals surface area contributed by atoms with E-state index in [9.17, 15) is 0 Å². The Labute approximate surface area is 97.7 Å². The third-order valence-corrected chi connectivity index (χ3v) is 3.26. The Morgan fingerprint density at radius 2 is 2.07 bits per heavy atom. The Balaban J connectivity index is 2.08. The molecule has 0 saturated carbocycles. The lowest BCUT2D eigenvalue weighted by atomic mass is 10.0. The van der Waals surface area contributed by atoms with Crippen molar-refractivity contribution < 1.29 is 0 Å². The monoisotopic (exact) mass is 238 g/mol. The SMILES string of the molecule is NC(Cc1cncs1)c1ccc(Cl)cc1. The van der Waals surface area contributed by atoms with Gasteiger partial charge in [0.05, 0.1) is 5.51 Å². The summed E-state index contributed by atoms with van der Waals surface area (Å²) in [5, 5.41) is 0.740. The third kappa shape index (κ3) is 2.78. The van der Waals surface area contributed by atoms with Crippen LogP contribution >= 0.6 is 22.9 Å². The molecule has 15 heavy (non-hydrogen) atoms. The summed E-state index contributed by atoms with van der Waals surface area (Å²) in [4.78, 5) is 5.23. The van der Waals surface area contributed by atoms with Crippen LogP contribution in [0.5, 0.6) is 0 Å².